The number of nitrogens with zero attached hydrogens (tertiary/aromatic N) is 3. The summed E-state index contributed by atoms with van der Waals surface area (Å²) >= 11 is 8.53. The second kappa shape index (κ2) is 10.6. The van der Waals surface area contributed by atoms with Crippen LogP contribution in [0.25, 0.3) is 10.2 Å². The predicted molar refractivity (Wildman–Crippen MR) is 147 cm³/mol. The molecular formula is C26H26ClN3O3S3. The van der Waals surface area contributed by atoms with E-state index in [0.717, 1.165) is 33.5 Å². The van der Waals surface area contributed by atoms with Gasteiger partial charge in [0.05, 0.1) is 27.0 Å². The zero-order valence-electron chi connectivity index (χ0n) is 19.8. The first-order chi connectivity index (χ1) is 17.3. The predicted octanol–water partition coefficient (Wildman–Crippen LogP) is 6.21. The van der Waals surface area contributed by atoms with Crippen molar-refractivity contribution in [3.05, 3.63) is 76.1 Å². The smallest absolute Gasteiger partial charge is 0.252 e. The number of halogens is 1. The fourth-order valence-corrected chi connectivity index (χ4v) is 8.64. The molecule has 4 aromatic rings. The number of hydrogen-bond donors (Lipinski definition) is 0. The molecule has 6 nitrogen and oxygen atoms in total. The van der Waals surface area contributed by atoms with Crippen LogP contribution in [0.5, 0.6) is 0 Å². The van der Waals surface area contributed by atoms with E-state index >= 15 is 0 Å². The molecule has 10 heteroatoms. The number of anilines is 1. The van der Waals surface area contributed by atoms with Gasteiger partial charge >= 0.3 is 0 Å². The molecule has 2 aromatic carbocycles. The molecule has 0 bridgehead atoms. The molecule has 2 aromatic heterocycles. The Kier molecular flexibility index (Phi) is 7.46. The molecule has 1 aliphatic rings. The van der Waals surface area contributed by atoms with Gasteiger partial charge in [0.1, 0.15) is 4.21 Å². The third-order valence-corrected chi connectivity index (χ3v) is 11.0. The molecule has 0 aliphatic carbocycles. The molecule has 1 aliphatic heterocycles. The summed E-state index contributed by atoms with van der Waals surface area (Å²) in [6.07, 6.45) is 2.18. The molecule has 1 amide bonds. The van der Waals surface area contributed by atoms with Gasteiger partial charge in [0.25, 0.3) is 10.0 Å². The van der Waals surface area contributed by atoms with Crippen LogP contribution in [0.4, 0.5) is 5.13 Å². The van der Waals surface area contributed by atoms with Gasteiger partial charge in [-0.3, -0.25) is 9.69 Å². The Hall–Kier alpha value is -2.30. The summed E-state index contributed by atoms with van der Waals surface area (Å²) in [4.78, 5) is 20.5. The number of piperidine rings is 1. The zero-order chi connectivity index (χ0) is 25.3. The van der Waals surface area contributed by atoms with Gasteiger partial charge in [-0.05, 0) is 54.7 Å². The number of thiophene rings is 1. The van der Waals surface area contributed by atoms with Crippen molar-refractivity contribution in [2.24, 2.45) is 5.92 Å². The fraction of sp³-hybridized carbons (Fsp3) is 0.308. The lowest BCUT2D eigenvalue weighted by molar-refractivity contribution is -0.123. The van der Waals surface area contributed by atoms with Crippen LogP contribution in [-0.2, 0) is 27.8 Å². The maximum atomic E-state index is 14.0. The van der Waals surface area contributed by atoms with E-state index < -0.39 is 15.9 Å². The molecule has 1 unspecified atom stereocenters. The van der Waals surface area contributed by atoms with Crippen molar-refractivity contribution in [3.63, 3.8) is 0 Å². The normalized spacial score (nSPS) is 16.9. The maximum Gasteiger partial charge on any atom is 0.252 e. The number of fused-ring (bicyclic) bond motifs is 1. The second-order valence-corrected chi connectivity index (χ2v) is 13.7. The lowest BCUT2D eigenvalue weighted by Crippen LogP contribution is -2.46. The Labute approximate surface area is 224 Å². The van der Waals surface area contributed by atoms with Gasteiger partial charge in [-0.2, -0.15) is 4.31 Å². The fourth-order valence-electron chi connectivity index (χ4n) is 4.44. The Morgan fingerprint density at radius 1 is 1.11 bits per heavy atom. The van der Waals surface area contributed by atoms with Crippen LogP contribution in [0.15, 0.2) is 64.9 Å². The quantitative estimate of drug-likeness (QED) is 0.270. The lowest BCUT2D eigenvalue weighted by atomic mass is 9.98. The van der Waals surface area contributed by atoms with Crippen molar-refractivity contribution in [1.82, 2.24) is 9.29 Å². The number of benzene rings is 2. The minimum absolute atomic E-state index is 0.0993. The minimum atomic E-state index is -3.70. The number of hydrogen-bond acceptors (Lipinski definition) is 6. The standard InChI is InChI=1S/C26H26ClN3O3S3/c1-2-18-10-11-21-22(15-18)34-26(28-21)30(16-19-7-4-3-5-8-19)25(31)20-9-6-14-29(17-20)36(32,33)24-13-12-23(27)35-24/h3-5,7-8,10-13,15,20H,2,6,9,14,16-17H2,1H3. The molecule has 3 heterocycles. The second-order valence-electron chi connectivity index (χ2n) is 8.82. The number of sulfonamides is 1. The van der Waals surface area contributed by atoms with E-state index in [1.165, 1.54) is 27.3 Å². The average molecular weight is 560 g/mol. The molecule has 0 spiro atoms. The number of carbonyl (C=O) groups excluding carboxylic acids is 1. The Bertz CT molecular complexity index is 1480. The first kappa shape index (κ1) is 25.4. The van der Waals surface area contributed by atoms with Crippen LogP contribution in [0.2, 0.25) is 4.34 Å². The van der Waals surface area contributed by atoms with Gasteiger partial charge in [0.15, 0.2) is 5.13 Å². The van der Waals surface area contributed by atoms with Crippen LogP contribution < -0.4 is 4.90 Å². The third-order valence-electron chi connectivity index (χ3n) is 6.41. The van der Waals surface area contributed by atoms with Gasteiger partial charge in [0.2, 0.25) is 5.91 Å². The molecular weight excluding hydrogens is 534 g/mol. The molecule has 0 radical (unpaired) electrons. The highest BCUT2D eigenvalue weighted by Gasteiger charge is 2.36. The Balaban J connectivity index is 1.45. The molecule has 0 saturated carbocycles. The summed E-state index contributed by atoms with van der Waals surface area (Å²) in [5, 5.41) is 0.636. The van der Waals surface area contributed by atoms with E-state index in [9.17, 15) is 13.2 Å². The van der Waals surface area contributed by atoms with E-state index in [2.05, 4.69) is 19.1 Å². The summed E-state index contributed by atoms with van der Waals surface area (Å²) in [5.41, 5.74) is 3.08. The maximum absolute atomic E-state index is 14.0. The number of thiazole rings is 1. The SMILES string of the molecule is CCc1ccc2nc(N(Cc3ccccc3)C(=O)C3CCCN(S(=O)(=O)c4ccc(Cl)s4)C3)sc2c1. The van der Waals surface area contributed by atoms with Crippen molar-refractivity contribution < 1.29 is 13.2 Å². The van der Waals surface area contributed by atoms with Gasteiger partial charge in [-0.1, -0.05) is 66.3 Å². The molecule has 1 saturated heterocycles. The summed E-state index contributed by atoms with van der Waals surface area (Å²) < 4.78 is 29.5. The number of rotatable bonds is 7. The van der Waals surface area contributed by atoms with Gasteiger partial charge in [-0.25, -0.2) is 13.4 Å². The highest BCUT2D eigenvalue weighted by Crippen LogP contribution is 2.34. The largest absolute Gasteiger partial charge is 0.283 e. The lowest BCUT2D eigenvalue weighted by Gasteiger charge is -2.33. The molecule has 0 N–H and O–H groups in total. The molecule has 5 rings (SSSR count). The Morgan fingerprint density at radius 3 is 2.64 bits per heavy atom. The summed E-state index contributed by atoms with van der Waals surface area (Å²) in [5.74, 6) is -0.552. The first-order valence-corrected chi connectivity index (χ1v) is 15.3. The first-order valence-electron chi connectivity index (χ1n) is 11.9. The third kappa shape index (κ3) is 5.21. The minimum Gasteiger partial charge on any atom is -0.283 e. The van der Waals surface area contributed by atoms with E-state index in [1.807, 2.05) is 36.4 Å². The average Bonchev–Trinajstić information content (AvgIpc) is 3.53. The van der Waals surface area contributed by atoms with Crippen molar-refractivity contribution in [3.8, 4) is 0 Å². The van der Waals surface area contributed by atoms with E-state index in [0.29, 0.717) is 35.4 Å². The monoisotopic (exact) mass is 559 g/mol. The highest BCUT2D eigenvalue weighted by molar-refractivity contribution is 7.91. The summed E-state index contributed by atoms with van der Waals surface area (Å²) in [6.45, 7) is 3.03. The number of amides is 1. The van der Waals surface area contributed by atoms with Crippen LogP contribution in [0.1, 0.15) is 30.9 Å². The molecule has 36 heavy (non-hydrogen) atoms. The van der Waals surface area contributed by atoms with Crippen molar-refractivity contribution in [1.29, 1.82) is 0 Å². The van der Waals surface area contributed by atoms with Crippen LogP contribution in [0.3, 0.4) is 0 Å². The molecule has 1 fully saturated rings. The molecule has 188 valence electrons. The van der Waals surface area contributed by atoms with Crippen molar-refractivity contribution >= 4 is 65.6 Å². The van der Waals surface area contributed by atoms with Gasteiger partial charge in [-0.15, -0.1) is 11.3 Å². The Morgan fingerprint density at radius 2 is 1.92 bits per heavy atom. The summed E-state index contributed by atoms with van der Waals surface area (Å²) in [7, 11) is -3.70. The zero-order valence-corrected chi connectivity index (χ0v) is 23.0. The van der Waals surface area contributed by atoms with Crippen molar-refractivity contribution in [2.75, 3.05) is 18.0 Å². The van der Waals surface area contributed by atoms with Gasteiger partial charge < -0.3 is 0 Å². The van der Waals surface area contributed by atoms with E-state index in [4.69, 9.17) is 16.6 Å². The van der Waals surface area contributed by atoms with Crippen LogP contribution in [0, 0.1) is 5.92 Å². The van der Waals surface area contributed by atoms with Crippen LogP contribution >= 0.6 is 34.3 Å². The summed E-state index contributed by atoms with van der Waals surface area (Å²) in [6, 6.07) is 19.1. The van der Waals surface area contributed by atoms with Gasteiger partial charge in [0, 0.05) is 13.1 Å². The topological polar surface area (TPSA) is 70.6 Å². The highest BCUT2D eigenvalue weighted by atomic mass is 35.5. The molecule has 1 atom stereocenters. The number of carbonyl (C=O) groups is 1. The van der Waals surface area contributed by atoms with Crippen molar-refractivity contribution in [2.45, 2.75) is 36.9 Å². The van der Waals surface area contributed by atoms with E-state index in [1.54, 1.807) is 11.0 Å². The van der Waals surface area contributed by atoms with Crippen LogP contribution in [-0.4, -0.2) is 36.7 Å². The number of aromatic nitrogens is 1. The van der Waals surface area contributed by atoms with E-state index in [-0.39, 0.29) is 16.7 Å². The number of aryl methyl sites for hydroxylation is 1.